The fourth-order valence-corrected chi connectivity index (χ4v) is 2.82. The minimum Gasteiger partial charge on any atom is -0.390 e. The number of benzene rings is 1. The van der Waals surface area contributed by atoms with Gasteiger partial charge >= 0.3 is 0 Å². The smallest absolute Gasteiger partial charge is 0.272 e. The molecule has 0 saturated carbocycles. The van der Waals surface area contributed by atoms with Crippen LogP contribution < -0.4 is 5.32 Å². The molecule has 0 fully saturated rings. The van der Waals surface area contributed by atoms with Crippen LogP contribution in [0.25, 0.3) is 10.9 Å². The van der Waals surface area contributed by atoms with Crippen molar-refractivity contribution in [2.45, 2.75) is 12.6 Å². The molecule has 0 aliphatic rings. The standard InChI is InChI=1S/C17H20ClN5O2/c1-22(2)9-14(24)10-23-8-13(7-19-23)20-17(25)16-5-11-3-4-12(18)6-15(11)21-16/h3-8,14,21,24H,9-10H2,1-2H3,(H,20,25). The molecular weight excluding hydrogens is 342 g/mol. The van der Waals surface area contributed by atoms with Crippen molar-refractivity contribution in [2.24, 2.45) is 0 Å². The van der Waals surface area contributed by atoms with E-state index in [0.717, 1.165) is 10.9 Å². The predicted octanol–water partition coefficient (Wildman–Crippen LogP) is 2.19. The molecule has 0 saturated heterocycles. The lowest BCUT2D eigenvalue weighted by Crippen LogP contribution is -2.29. The minimum absolute atomic E-state index is 0.263. The molecule has 3 rings (SSSR count). The Balaban J connectivity index is 1.66. The summed E-state index contributed by atoms with van der Waals surface area (Å²) in [5.41, 5.74) is 1.82. The monoisotopic (exact) mass is 361 g/mol. The van der Waals surface area contributed by atoms with E-state index in [1.54, 1.807) is 35.3 Å². The molecule has 1 aromatic carbocycles. The number of aromatic nitrogens is 3. The zero-order valence-electron chi connectivity index (χ0n) is 14.0. The molecule has 0 bridgehead atoms. The van der Waals surface area contributed by atoms with Crippen molar-refractivity contribution < 1.29 is 9.90 Å². The minimum atomic E-state index is -0.531. The molecule has 1 atom stereocenters. The van der Waals surface area contributed by atoms with Crippen molar-refractivity contribution in [2.75, 3.05) is 26.0 Å². The molecule has 7 nitrogen and oxygen atoms in total. The fourth-order valence-electron chi connectivity index (χ4n) is 2.64. The van der Waals surface area contributed by atoms with Gasteiger partial charge in [0.15, 0.2) is 0 Å². The number of hydrogen-bond donors (Lipinski definition) is 3. The van der Waals surface area contributed by atoms with E-state index in [1.165, 1.54) is 0 Å². The van der Waals surface area contributed by atoms with Gasteiger partial charge in [-0.25, -0.2) is 0 Å². The molecule has 1 unspecified atom stereocenters. The number of nitrogens with one attached hydrogen (secondary N) is 2. The van der Waals surface area contributed by atoms with Crippen LogP contribution in [0.2, 0.25) is 5.02 Å². The Hall–Kier alpha value is -2.35. The molecular formula is C17H20ClN5O2. The Morgan fingerprint density at radius 1 is 1.44 bits per heavy atom. The molecule has 0 aliphatic carbocycles. The van der Waals surface area contributed by atoms with Gasteiger partial charge in [0.2, 0.25) is 0 Å². The van der Waals surface area contributed by atoms with Gasteiger partial charge in [0.1, 0.15) is 5.69 Å². The highest BCUT2D eigenvalue weighted by molar-refractivity contribution is 6.31. The van der Waals surface area contributed by atoms with Crippen molar-refractivity contribution in [3.8, 4) is 0 Å². The van der Waals surface area contributed by atoms with Crippen LogP contribution in [0.1, 0.15) is 10.5 Å². The highest BCUT2D eigenvalue weighted by atomic mass is 35.5. The summed E-state index contributed by atoms with van der Waals surface area (Å²) in [6.07, 6.45) is 2.72. The highest BCUT2D eigenvalue weighted by Crippen LogP contribution is 2.20. The molecule has 25 heavy (non-hydrogen) atoms. The normalized spacial score (nSPS) is 12.7. The summed E-state index contributed by atoms with van der Waals surface area (Å²) in [6.45, 7) is 0.901. The Kier molecular flexibility index (Phi) is 5.08. The maximum Gasteiger partial charge on any atom is 0.272 e. The van der Waals surface area contributed by atoms with E-state index in [0.29, 0.717) is 29.5 Å². The molecule has 2 aromatic heterocycles. The molecule has 3 aromatic rings. The maximum atomic E-state index is 12.4. The van der Waals surface area contributed by atoms with Crippen LogP contribution in [-0.2, 0) is 6.54 Å². The van der Waals surface area contributed by atoms with Gasteiger partial charge in [-0.3, -0.25) is 9.48 Å². The number of amides is 1. The quantitative estimate of drug-likeness (QED) is 0.628. The van der Waals surface area contributed by atoms with Crippen LogP contribution in [0.4, 0.5) is 5.69 Å². The third-order valence-electron chi connectivity index (χ3n) is 3.69. The van der Waals surface area contributed by atoms with Crippen molar-refractivity contribution in [1.82, 2.24) is 19.7 Å². The number of aliphatic hydroxyl groups excluding tert-OH is 1. The number of aromatic amines is 1. The molecule has 0 aliphatic heterocycles. The lowest BCUT2D eigenvalue weighted by molar-refractivity contribution is 0.102. The largest absolute Gasteiger partial charge is 0.390 e. The topological polar surface area (TPSA) is 86.2 Å². The Labute approximate surface area is 150 Å². The number of carbonyl (C=O) groups is 1. The number of nitrogens with zero attached hydrogens (tertiary/aromatic N) is 3. The summed E-state index contributed by atoms with van der Waals surface area (Å²) in [5.74, 6) is -0.263. The van der Waals surface area contributed by atoms with Crippen LogP contribution in [0.3, 0.4) is 0 Å². The highest BCUT2D eigenvalue weighted by Gasteiger charge is 2.12. The summed E-state index contributed by atoms with van der Waals surface area (Å²) in [5, 5.41) is 18.4. The van der Waals surface area contributed by atoms with E-state index in [4.69, 9.17) is 11.6 Å². The summed E-state index contributed by atoms with van der Waals surface area (Å²) >= 11 is 5.96. The second-order valence-electron chi connectivity index (χ2n) is 6.24. The van der Waals surface area contributed by atoms with E-state index in [1.807, 2.05) is 25.1 Å². The SMILES string of the molecule is CN(C)CC(O)Cn1cc(NC(=O)c2cc3ccc(Cl)cc3[nH]2)cn1. The number of likely N-dealkylation sites (N-methyl/N-ethyl adjacent to an activating group) is 1. The first kappa shape index (κ1) is 17.5. The van der Waals surface area contributed by atoms with Crippen LogP contribution >= 0.6 is 11.6 Å². The van der Waals surface area contributed by atoms with Gasteiger partial charge in [0, 0.05) is 28.7 Å². The van der Waals surface area contributed by atoms with Crippen molar-refractivity contribution in [3.63, 3.8) is 0 Å². The van der Waals surface area contributed by atoms with Gasteiger partial charge < -0.3 is 20.3 Å². The van der Waals surface area contributed by atoms with Gasteiger partial charge in [-0.15, -0.1) is 0 Å². The zero-order chi connectivity index (χ0) is 18.0. The second-order valence-corrected chi connectivity index (χ2v) is 6.67. The number of halogens is 1. The molecule has 2 heterocycles. The molecule has 0 radical (unpaired) electrons. The van der Waals surface area contributed by atoms with Crippen LogP contribution in [0.5, 0.6) is 0 Å². The van der Waals surface area contributed by atoms with Crippen molar-refractivity contribution in [1.29, 1.82) is 0 Å². The summed E-state index contributed by atoms with van der Waals surface area (Å²) < 4.78 is 1.61. The molecule has 132 valence electrons. The first-order valence-electron chi connectivity index (χ1n) is 7.85. The number of aliphatic hydroxyl groups is 1. The van der Waals surface area contributed by atoms with Gasteiger partial charge in [-0.2, -0.15) is 5.10 Å². The van der Waals surface area contributed by atoms with E-state index in [9.17, 15) is 9.90 Å². The predicted molar refractivity (Wildman–Crippen MR) is 98.0 cm³/mol. The first-order valence-corrected chi connectivity index (χ1v) is 8.23. The first-order chi connectivity index (χ1) is 11.9. The van der Waals surface area contributed by atoms with Gasteiger partial charge in [0.25, 0.3) is 5.91 Å². The van der Waals surface area contributed by atoms with E-state index in [2.05, 4.69) is 15.4 Å². The van der Waals surface area contributed by atoms with Crippen LogP contribution in [-0.4, -0.2) is 57.4 Å². The third kappa shape index (κ3) is 4.39. The number of anilines is 1. The van der Waals surface area contributed by atoms with E-state index in [-0.39, 0.29) is 5.91 Å². The number of H-pyrrole nitrogens is 1. The summed E-state index contributed by atoms with van der Waals surface area (Å²) in [6, 6.07) is 7.18. The maximum absolute atomic E-state index is 12.4. The zero-order valence-corrected chi connectivity index (χ0v) is 14.8. The number of hydrogen-bond acceptors (Lipinski definition) is 4. The van der Waals surface area contributed by atoms with Gasteiger partial charge in [-0.1, -0.05) is 17.7 Å². The van der Waals surface area contributed by atoms with E-state index >= 15 is 0 Å². The molecule has 8 heteroatoms. The summed E-state index contributed by atoms with van der Waals surface area (Å²) in [4.78, 5) is 17.3. The Morgan fingerprint density at radius 3 is 3.00 bits per heavy atom. The third-order valence-corrected chi connectivity index (χ3v) is 3.93. The van der Waals surface area contributed by atoms with Crippen molar-refractivity contribution in [3.05, 3.63) is 47.4 Å². The lowest BCUT2D eigenvalue weighted by atomic mass is 10.2. The summed E-state index contributed by atoms with van der Waals surface area (Å²) in [7, 11) is 3.79. The van der Waals surface area contributed by atoms with Crippen LogP contribution in [0, 0.1) is 0 Å². The number of fused-ring (bicyclic) bond motifs is 1. The van der Waals surface area contributed by atoms with Gasteiger partial charge in [0.05, 0.1) is 24.5 Å². The lowest BCUT2D eigenvalue weighted by Gasteiger charge is -2.15. The second kappa shape index (κ2) is 7.26. The molecule has 3 N–H and O–H groups in total. The van der Waals surface area contributed by atoms with Gasteiger partial charge in [-0.05, 0) is 32.3 Å². The van der Waals surface area contributed by atoms with Crippen molar-refractivity contribution >= 4 is 34.1 Å². The average Bonchev–Trinajstić information content (AvgIpc) is 3.12. The number of carbonyl (C=O) groups excluding carboxylic acids is 1. The molecule has 0 spiro atoms. The average molecular weight is 362 g/mol. The molecule has 1 amide bonds. The Morgan fingerprint density at radius 2 is 2.24 bits per heavy atom. The fraction of sp³-hybridized carbons (Fsp3) is 0.294. The van der Waals surface area contributed by atoms with Crippen LogP contribution in [0.15, 0.2) is 36.7 Å². The van der Waals surface area contributed by atoms with E-state index < -0.39 is 6.10 Å². The Bertz CT molecular complexity index is 886. The number of rotatable bonds is 6.